The van der Waals surface area contributed by atoms with Gasteiger partial charge in [0.15, 0.2) is 0 Å². The Kier molecular flexibility index (Phi) is 5.95. The second kappa shape index (κ2) is 6.44. The standard InChI is InChI=1S/C11H22N2O4/c1-8(2)13(6-9(14)15)10(16)12-11(3,4)7-17-5/h8H,6-7H2,1-5H3,(H,12,16)(H,14,15). The molecule has 0 heterocycles. The largest absolute Gasteiger partial charge is 0.480 e. The van der Waals surface area contributed by atoms with Gasteiger partial charge in [0.1, 0.15) is 6.54 Å². The maximum Gasteiger partial charge on any atom is 0.323 e. The van der Waals surface area contributed by atoms with E-state index in [0.29, 0.717) is 6.61 Å². The number of carbonyl (C=O) groups excluding carboxylic acids is 1. The summed E-state index contributed by atoms with van der Waals surface area (Å²) in [6.45, 7) is 7.21. The second-order valence-electron chi connectivity index (χ2n) is 4.86. The van der Waals surface area contributed by atoms with Crippen molar-refractivity contribution < 1.29 is 19.4 Å². The molecule has 0 fully saturated rings. The maximum atomic E-state index is 11.9. The van der Waals surface area contributed by atoms with Crippen molar-refractivity contribution in [2.45, 2.75) is 39.3 Å². The van der Waals surface area contributed by atoms with Gasteiger partial charge in [-0.25, -0.2) is 4.79 Å². The molecule has 0 unspecified atom stereocenters. The summed E-state index contributed by atoms with van der Waals surface area (Å²) in [6, 6.07) is -0.575. The molecular weight excluding hydrogens is 224 g/mol. The van der Waals surface area contributed by atoms with Crippen LogP contribution in [-0.2, 0) is 9.53 Å². The first-order chi connectivity index (χ1) is 7.69. The van der Waals surface area contributed by atoms with Crippen LogP contribution >= 0.6 is 0 Å². The summed E-state index contributed by atoms with van der Waals surface area (Å²) in [5.41, 5.74) is -0.530. The van der Waals surface area contributed by atoms with E-state index in [2.05, 4.69) is 5.32 Å². The highest BCUT2D eigenvalue weighted by Gasteiger charge is 2.26. The van der Waals surface area contributed by atoms with Gasteiger partial charge in [-0.1, -0.05) is 0 Å². The molecule has 0 atom stereocenters. The number of amides is 2. The summed E-state index contributed by atoms with van der Waals surface area (Å²) in [7, 11) is 1.55. The fourth-order valence-corrected chi connectivity index (χ4v) is 1.39. The summed E-state index contributed by atoms with van der Waals surface area (Å²) in [6.07, 6.45) is 0. The van der Waals surface area contributed by atoms with Gasteiger partial charge in [-0.05, 0) is 27.7 Å². The highest BCUT2D eigenvalue weighted by Crippen LogP contribution is 2.06. The molecule has 0 aliphatic heterocycles. The first kappa shape index (κ1) is 15.7. The van der Waals surface area contributed by atoms with Gasteiger partial charge in [0.25, 0.3) is 0 Å². The van der Waals surface area contributed by atoms with Gasteiger partial charge in [-0.2, -0.15) is 0 Å². The van der Waals surface area contributed by atoms with Crippen molar-refractivity contribution in [3.63, 3.8) is 0 Å². The lowest BCUT2D eigenvalue weighted by Crippen LogP contribution is -2.54. The molecule has 0 bridgehead atoms. The van der Waals surface area contributed by atoms with Crippen LogP contribution in [0.25, 0.3) is 0 Å². The quantitative estimate of drug-likeness (QED) is 0.730. The van der Waals surface area contributed by atoms with E-state index in [1.165, 1.54) is 4.90 Å². The number of carbonyl (C=O) groups is 2. The average molecular weight is 246 g/mol. The molecule has 17 heavy (non-hydrogen) atoms. The molecule has 6 heteroatoms. The molecule has 0 spiro atoms. The Hall–Kier alpha value is -1.30. The van der Waals surface area contributed by atoms with Crippen molar-refractivity contribution in [3.8, 4) is 0 Å². The summed E-state index contributed by atoms with van der Waals surface area (Å²) in [5.74, 6) is -1.03. The fraction of sp³-hybridized carbons (Fsp3) is 0.818. The minimum absolute atomic E-state index is 0.176. The third-order valence-corrected chi connectivity index (χ3v) is 2.14. The minimum Gasteiger partial charge on any atom is -0.480 e. The van der Waals surface area contributed by atoms with Gasteiger partial charge in [-0.3, -0.25) is 4.79 Å². The number of ether oxygens (including phenoxy) is 1. The van der Waals surface area contributed by atoms with E-state index >= 15 is 0 Å². The van der Waals surface area contributed by atoms with Gasteiger partial charge < -0.3 is 20.1 Å². The molecular formula is C11H22N2O4. The smallest absolute Gasteiger partial charge is 0.323 e. The topological polar surface area (TPSA) is 78.9 Å². The van der Waals surface area contributed by atoms with E-state index in [0.717, 1.165) is 0 Å². The van der Waals surface area contributed by atoms with Crippen LogP contribution in [0, 0.1) is 0 Å². The van der Waals surface area contributed by atoms with Crippen LogP contribution in [0.4, 0.5) is 4.79 Å². The van der Waals surface area contributed by atoms with Crippen molar-refractivity contribution in [2.75, 3.05) is 20.3 Å². The lowest BCUT2D eigenvalue weighted by atomic mass is 10.1. The molecule has 2 amide bonds. The van der Waals surface area contributed by atoms with Gasteiger partial charge in [-0.15, -0.1) is 0 Å². The Bertz CT molecular complexity index is 277. The Labute approximate surface area is 102 Å². The number of nitrogens with zero attached hydrogens (tertiary/aromatic N) is 1. The number of carboxylic acids is 1. The van der Waals surface area contributed by atoms with Gasteiger partial charge in [0, 0.05) is 13.2 Å². The second-order valence-corrected chi connectivity index (χ2v) is 4.86. The van der Waals surface area contributed by atoms with E-state index in [4.69, 9.17) is 9.84 Å². The van der Waals surface area contributed by atoms with Crippen LogP contribution in [-0.4, -0.2) is 53.8 Å². The van der Waals surface area contributed by atoms with Crippen LogP contribution in [0.15, 0.2) is 0 Å². The van der Waals surface area contributed by atoms with Gasteiger partial charge >= 0.3 is 12.0 Å². The Balaban J connectivity index is 4.58. The van der Waals surface area contributed by atoms with Crippen LogP contribution in [0.1, 0.15) is 27.7 Å². The molecule has 6 nitrogen and oxygen atoms in total. The highest BCUT2D eigenvalue weighted by atomic mass is 16.5. The zero-order chi connectivity index (χ0) is 13.6. The number of aliphatic carboxylic acids is 1. The third-order valence-electron chi connectivity index (χ3n) is 2.14. The summed E-state index contributed by atoms with van der Waals surface area (Å²) >= 11 is 0. The number of methoxy groups -OCH3 is 1. The lowest BCUT2D eigenvalue weighted by molar-refractivity contribution is -0.138. The molecule has 0 saturated carbocycles. The van der Waals surface area contributed by atoms with Crippen molar-refractivity contribution >= 4 is 12.0 Å². The van der Waals surface area contributed by atoms with E-state index in [1.807, 2.05) is 13.8 Å². The zero-order valence-corrected chi connectivity index (χ0v) is 11.1. The third kappa shape index (κ3) is 6.11. The molecule has 0 saturated heterocycles. The summed E-state index contributed by atoms with van der Waals surface area (Å²) in [4.78, 5) is 23.8. The molecule has 100 valence electrons. The van der Waals surface area contributed by atoms with Crippen molar-refractivity contribution in [3.05, 3.63) is 0 Å². The van der Waals surface area contributed by atoms with E-state index in [1.54, 1.807) is 21.0 Å². The monoisotopic (exact) mass is 246 g/mol. The normalized spacial score (nSPS) is 11.4. The van der Waals surface area contributed by atoms with Crippen LogP contribution in [0.5, 0.6) is 0 Å². The Morgan fingerprint density at radius 1 is 1.41 bits per heavy atom. The van der Waals surface area contributed by atoms with E-state index in [-0.39, 0.29) is 12.6 Å². The molecule has 0 aliphatic carbocycles. The maximum absolute atomic E-state index is 11.9. The molecule has 0 aromatic rings. The van der Waals surface area contributed by atoms with Crippen molar-refractivity contribution in [1.29, 1.82) is 0 Å². The highest BCUT2D eigenvalue weighted by molar-refractivity contribution is 5.80. The fourth-order valence-electron chi connectivity index (χ4n) is 1.39. The first-order valence-corrected chi connectivity index (χ1v) is 5.49. The summed E-state index contributed by atoms with van der Waals surface area (Å²) < 4.78 is 4.98. The molecule has 2 N–H and O–H groups in total. The number of nitrogens with one attached hydrogen (secondary N) is 1. The van der Waals surface area contributed by atoms with Crippen LogP contribution in [0.2, 0.25) is 0 Å². The molecule has 0 aromatic carbocycles. The predicted octanol–water partition coefficient (Wildman–Crippen LogP) is 0.916. The first-order valence-electron chi connectivity index (χ1n) is 5.49. The lowest BCUT2D eigenvalue weighted by Gasteiger charge is -2.31. The molecule has 0 aliphatic rings. The number of hydrogen-bond donors (Lipinski definition) is 2. The Morgan fingerprint density at radius 2 is 1.94 bits per heavy atom. The van der Waals surface area contributed by atoms with Gasteiger partial charge in [0.2, 0.25) is 0 Å². The number of urea groups is 1. The average Bonchev–Trinajstić information content (AvgIpc) is 2.12. The van der Waals surface area contributed by atoms with E-state index in [9.17, 15) is 9.59 Å². The minimum atomic E-state index is -1.03. The van der Waals surface area contributed by atoms with Crippen molar-refractivity contribution in [2.24, 2.45) is 0 Å². The number of rotatable bonds is 6. The molecule has 0 aromatic heterocycles. The van der Waals surface area contributed by atoms with E-state index < -0.39 is 17.5 Å². The van der Waals surface area contributed by atoms with Gasteiger partial charge in [0.05, 0.1) is 12.1 Å². The number of carboxylic acid groups (broad SMARTS) is 1. The zero-order valence-electron chi connectivity index (χ0n) is 11.1. The van der Waals surface area contributed by atoms with Crippen LogP contribution < -0.4 is 5.32 Å². The molecule has 0 radical (unpaired) electrons. The van der Waals surface area contributed by atoms with Crippen molar-refractivity contribution in [1.82, 2.24) is 10.2 Å². The van der Waals surface area contributed by atoms with Crippen LogP contribution in [0.3, 0.4) is 0 Å². The predicted molar refractivity (Wildman–Crippen MR) is 64.0 cm³/mol. The number of hydrogen-bond acceptors (Lipinski definition) is 3. The Morgan fingerprint density at radius 3 is 2.29 bits per heavy atom. The SMILES string of the molecule is COCC(C)(C)NC(=O)N(CC(=O)O)C(C)C. The molecule has 0 rings (SSSR count). The summed E-state index contributed by atoms with van der Waals surface area (Å²) in [5, 5.41) is 11.5.